The maximum Gasteiger partial charge on any atom is 0.344 e. The van der Waals surface area contributed by atoms with Crippen molar-refractivity contribution in [2.24, 2.45) is 0 Å². The maximum atomic E-state index is 12.6. The number of rotatable bonds is 8. The van der Waals surface area contributed by atoms with Gasteiger partial charge >= 0.3 is 5.97 Å². The molecule has 1 aliphatic rings. The minimum Gasteiger partial charge on any atom is -0.490 e. The summed E-state index contributed by atoms with van der Waals surface area (Å²) in [6, 6.07) is 4.67. The van der Waals surface area contributed by atoms with E-state index in [9.17, 15) is 14.4 Å². The van der Waals surface area contributed by atoms with Gasteiger partial charge in [0.15, 0.2) is 22.7 Å². The molecule has 1 aliphatic heterocycles. The number of carbonyl (C=O) groups is 3. The highest BCUT2D eigenvalue weighted by Crippen LogP contribution is 2.30. The fraction of sp³-hybridized carbons (Fsp3) is 0.263. The normalized spacial score (nSPS) is 16.6. The van der Waals surface area contributed by atoms with Crippen LogP contribution in [0.3, 0.4) is 0 Å². The zero-order valence-electron chi connectivity index (χ0n) is 15.4. The van der Waals surface area contributed by atoms with Crippen molar-refractivity contribution in [1.29, 1.82) is 0 Å². The van der Waals surface area contributed by atoms with Crippen molar-refractivity contribution in [3.63, 3.8) is 0 Å². The molecular formula is C19H20N2O6S. The molecule has 0 aliphatic carbocycles. The van der Waals surface area contributed by atoms with Gasteiger partial charge in [0.1, 0.15) is 5.57 Å². The Morgan fingerprint density at radius 3 is 2.71 bits per heavy atom. The first-order valence-corrected chi connectivity index (χ1v) is 8.85. The van der Waals surface area contributed by atoms with E-state index in [0.29, 0.717) is 17.9 Å². The molecule has 2 rings (SSSR count). The first-order chi connectivity index (χ1) is 13.3. The third-order valence-corrected chi connectivity index (χ3v) is 4.05. The van der Waals surface area contributed by atoms with Crippen LogP contribution in [-0.2, 0) is 14.4 Å². The second-order valence-electron chi connectivity index (χ2n) is 5.76. The summed E-state index contributed by atoms with van der Waals surface area (Å²) in [5.41, 5.74) is 0.411. The van der Waals surface area contributed by atoms with Crippen LogP contribution in [0.4, 0.5) is 0 Å². The SMILES string of the molecule is C=CCN1C(=O)/C(=C\c2ccc(O[C@@H](C)C(=O)O)c(OCC)c2)C(=O)NC1=S. The lowest BCUT2D eigenvalue weighted by atomic mass is 10.1. The molecule has 1 atom stereocenters. The van der Waals surface area contributed by atoms with E-state index < -0.39 is 23.9 Å². The number of hydrogen-bond donors (Lipinski definition) is 2. The third kappa shape index (κ3) is 4.74. The van der Waals surface area contributed by atoms with Gasteiger partial charge < -0.3 is 14.6 Å². The number of carboxylic acid groups (broad SMARTS) is 1. The number of nitrogens with zero attached hydrogens (tertiary/aromatic N) is 1. The highest BCUT2D eigenvalue weighted by Gasteiger charge is 2.32. The molecule has 0 bridgehead atoms. The first kappa shape index (κ1) is 21.1. The van der Waals surface area contributed by atoms with Crippen molar-refractivity contribution in [2.75, 3.05) is 13.2 Å². The van der Waals surface area contributed by atoms with Crippen molar-refractivity contribution in [2.45, 2.75) is 20.0 Å². The predicted molar refractivity (Wildman–Crippen MR) is 106 cm³/mol. The Kier molecular flexibility index (Phi) is 6.89. The molecule has 28 heavy (non-hydrogen) atoms. The Balaban J connectivity index is 2.38. The van der Waals surface area contributed by atoms with Gasteiger partial charge in [-0.05, 0) is 49.8 Å². The number of aliphatic carboxylic acids is 1. The van der Waals surface area contributed by atoms with Crippen LogP contribution in [0.1, 0.15) is 19.4 Å². The quantitative estimate of drug-likeness (QED) is 0.294. The molecule has 1 saturated heterocycles. The second kappa shape index (κ2) is 9.14. The zero-order chi connectivity index (χ0) is 20.8. The summed E-state index contributed by atoms with van der Waals surface area (Å²) in [4.78, 5) is 37.0. The zero-order valence-corrected chi connectivity index (χ0v) is 16.2. The molecule has 2 N–H and O–H groups in total. The Morgan fingerprint density at radius 1 is 1.39 bits per heavy atom. The van der Waals surface area contributed by atoms with Gasteiger partial charge in [-0.25, -0.2) is 4.79 Å². The fourth-order valence-electron chi connectivity index (χ4n) is 2.38. The molecule has 0 unspecified atom stereocenters. The standard InChI is InChI=1S/C19H20N2O6S/c1-4-8-21-17(23)13(16(22)20-19(21)28)9-12-6-7-14(15(10-12)26-5-2)27-11(3)18(24)25/h4,6-7,9-11H,1,5,8H2,2-3H3,(H,24,25)(H,20,22,28)/b13-9-/t11-/m0/s1. The Morgan fingerprint density at radius 2 is 2.11 bits per heavy atom. The lowest BCUT2D eigenvalue weighted by Crippen LogP contribution is -2.53. The van der Waals surface area contributed by atoms with Gasteiger partial charge in [-0.1, -0.05) is 12.1 Å². The maximum absolute atomic E-state index is 12.6. The molecule has 1 aromatic carbocycles. The first-order valence-electron chi connectivity index (χ1n) is 8.44. The van der Waals surface area contributed by atoms with Crippen LogP contribution in [0, 0.1) is 0 Å². The van der Waals surface area contributed by atoms with Crippen LogP contribution in [0.15, 0.2) is 36.4 Å². The highest BCUT2D eigenvalue weighted by molar-refractivity contribution is 7.80. The van der Waals surface area contributed by atoms with Crippen molar-refractivity contribution in [3.8, 4) is 11.5 Å². The third-order valence-electron chi connectivity index (χ3n) is 3.73. The van der Waals surface area contributed by atoms with Crippen molar-refractivity contribution >= 4 is 41.2 Å². The number of thiocarbonyl (C=S) groups is 1. The van der Waals surface area contributed by atoms with E-state index >= 15 is 0 Å². The lowest BCUT2D eigenvalue weighted by molar-refractivity contribution is -0.144. The molecular weight excluding hydrogens is 384 g/mol. The Labute approximate surface area is 167 Å². The number of nitrogens with one attached hydrogen (secondary N) is 1. The van der Waals surface area contributed by atoms with Crippen LogP contribution in [0.5, 0.6) is 11.5 Å². The Bertz CT molecular complexity index is 864. The number of amides is 2. The molecule has 1 fully saturated rings. The molecule has 2 amide bonds. The average Bonchev–Trinajstić information content (AvgIpc) is 2.64. The Hall–Kier alpha value is -3.20. The molecule has 148 valence electrons. The number of carboxylic acids is 1. The predicted octanol–water partition coefficient (Wildman–Crippen LogP) is 1.75. The van der Waals surface area contributed by atoms with E-state index in [4.69, 9.17) is 26.8 Å². The minimum atomic E-state index is -1.11. The van der Waals surface area contributed by atoms with Gasteiger partial charge in [0.25, 0.3) is 11.8 Å². The number of hydrogen-bond acceptors (Lipinski definition) is 6. The molecule has 0 radical (unpaired) electrons. The largest absolute Gasteiger partial charge is 0.490 e. The van der Waals surface area contributed by atoms with Crippen molar-refractivity contribution in [3.05, 3.63) is 42.0 Å². The molecule has 8 nitrogen and oxygen atoms in total. The highest BCUT2D eigenvalue weighted by atomic mass is 32.1. The van der Waals surface area contributed by atoms with E-state index in [1.54, 1.807) is 19.1 Å². The minimum absolute atomic E-state index is 0.0217. The number of benzene rings is 1. The van der Waals surface area contributed by atoms with Gasteiger partial charge in [-0.3, -0.25) is 19.8 Å². The van der Waals surface area contributed by atoms with Gasteiger partial charge in [0, 0.05) is 6.54 Å². The van der Waals surface area contributed by atoms with E-state index in [0.717, 1.165) is 0 Å². The molecule has 1 aromatic rings. The fourth-order valence-corrected chi connectivity index (χ4v) is 2.63. The second-order valence-corrected chi connectivity index (χ2v) is 6.15. The molecule has 9 heteroatoms. The van der Waals surface area contributed by atoms with Crippen LogP contribution in [0.25, 0.3) is 6.08 Å². The number of ether oxygens (including phenoxy) is 2. The van der Waals surface area contributed by atoms with Crippen molar-refractivity contribution < 1.29 is 29.0 Å². The van der Waals surface area contributed by atoms with Gasteiger partial charge in [0.05, 0.1) is 6.61 Å². The molecule has 0 aromatic heterocycles. The van der Waals surface area contributed by atoms with Gasteiger partial charge in [0.2, 0.25) is 0 Å². The van der Waals surface area contributed by atoms with E-state index in [1.807, 2.05) is 0 Å². The molecule has 1 heterocycles. The summed E-state index contributed by atoms with van der Waals surface area (Å²) in [5, 5.41) is 11.5. The topological polar surface area (TPSA) is 105 Å². The summed E-state index contributed by atoms with van der Waals surface area (Å²) in [6.07, 6.45) is 1.84. The molecule has 0 saturated carbocycles. The van der Waals surface area contributed by atoms with Crippen LogP contribution < -0.4 is 14.8 Å². The summed E-state index contributed by atoms with van der Waals surface area (Å²) in [6.45, 7) is 7.22. The van der Waals surface area contributed by atoms with Crippen molar-refractivity contribution in [1.82, 2.24) is 10.2 Å². The monoisotopic (exact) mass is 404 g/mol. The van der Waals surface area contributed by atoms with E-state index in [2.05, 4.69) is 11.9 Å². The summed E-state index contributed by atoms with van der Waals surface area (Å²) >= 11 is 5.01. The van der Waals surface area contributed by atoms with Crippen LogP contribution >= 0.6 is 12.2 Å². The lowest BCUT2D eigenvalue weighted by Gasteiger charge is -2.27. The smallest absolute Gasteiger partial charge is 0.344 e. The van der Waals surface area contributed by atoms with Crippen LogP contribution in [-0.4, -0.2) is 52.2 Å². The van der Waals surface area contributed by atoms with Crippen LogP contribution in [0.2, 0.25) is 0 Å². The van der Waals surface area contributed by atoms with E-state index in [-0.39, 0.29) is 23.0 Å². The number of carbonyl (C=O) groups excluding carboxylic acids is 2. The summed E-state index contributed by atoms with van der Waals surface area (Å²) < 4.78 is 10.9. The van der Waals surface area contributed by atoms with Gasteiger partial charge in [-0.15, -0.1) is 6.58 Å². The average molecular weight is 404 g/mol. The molecule has 0 spiro atoms. The van der Waals surface area contributed by atoms with E-state index in [1.165, 1.54) is 30.0 Å². The summed E-state index contributed by atoms with van der Waals surface area (Å²) in [5.74, 6) is -1.71. The van der Waals surface area contributed by atoms with Gasteiger partial charge in [-0.2, -0.15) is 0 Å². The summed E-state index contributed by atoms with van der Waals surface area (Å²) in [7, 11) is 0.